The van der Waals surface area contributed by atoms with Gasteiger partial charge in [-0.3, -0.25) is 9.36 Å². The molecule has 27 heavy (non-hydrogen) atoms. The van der Waals surface area contributed by atoms with Gasteiger partial charge in [-0.25, -0.2) is 9.36 Å². The minimum Gasteiger partial charge on any atom is -0.474 e. The van der Waals surface area contributed by atoms with Crippen molar-refractivity contribution in [2.24, 2.45) is 0 Å². The molecule has 0 aliphatic carbocycles. The molecule has 0 fully saturated rings. The molecule has 10 heteroatoms. The van der Waals surface area contributed by atoms with E-state index in [1.807, 2.05) is 0 Å². The third-order valence-electron chi connectivity index (χ3n) is 4.29. The zero-order valence-electron chi connectivity index (χ0n) is 14.4. The first kappa shape index (κ1) is 19.9. The minimum absolute atomic E-state index is 0.0199. The van der Waals surface area contributed by atoms with Crippen LogP contribution in [0.1, 0.15) is 17.4 Å². The van der Waals surface area contributed by atoms with Crippen LogP contribution in [0.3, 0.4) is 0 Å². The normalized spacial score (nSPS) is 15.9. The Morgan fingerprint density at radius 2 is 2.00 bits per heavy atom. The molecular formula is C17H18Cl2N2O6. The smallest absolute Gasteiger partial charge is 0.336 e. The second-order valence-corrected chi connectivity index (χ2v) is 6.94. The van der Waals surface area contributed by atoms with Gasteiger partial charge in [0.2, 0.25) is 5.88 Å². The van der Waals surface area contributed by atoms with Crippen molar-refractivity contribution in [3.63, 3.8) is 0 Å². The number of aliphatic hydroxyl groups excluding tert-OH is 2. The highest BCUT2D eigenvalue weighted by Crippen LogP contribution is 2.27. The summed E-state index contributed by atoms with van der Waals surface area (Å²) in [6.45, 7) is 0.603. The Kier molecular flexibility index (Phi) is 5.92. The Labute approximate surface area is 164 Å². The van der Waals surface area contributed by atoms with Gasteiger partial charge in [-0.05, 0) is 30.7 Å². The van der Waals surface area contributed by atoms with Gasteiger partial charge in [-0.15, -0.1) is 0 Å². The van der Waals surface area contributed by atoms with E-state index in [1.54, 1.807) is 25.1 Å². The molecule has 0 saturated heterocycles. The van der Waals surface area contributed by atoms with E-state index in [-0.39, 0.29) is 24.6 Å². The first-order valence-corrected chi connectivity index (χ1v) is 8.92. The van der Waals surface area contributed by atoms with Crippen LogP contribution in [0.15, 0.2) is 27.8 Å². The summed E-state index contributed by atoms with van der Waals surface area (Å²) < 4.78 is 13.2. The number of rotatable bonds is 6. The molecule has 0 radical (unpaired) electrons. The van der Waals surface area contributed by atoms with Gasteiger partial charge in [-0.1, -0.05) is 23.2 Å². The Morgan fingerprint density at radius 1 is 1.30 bits per heavy atom. The summed E-state index contributed by atoms with van der Waals surface area (Å²) in [6.07, 6.45) is -1.75. The van der Waals surface area contributed by atoms with Gasteiger partial charge in [-0.2, -0.15) is 0 Å². The maximum atomic E-state index is 13.0. The first-order valence-electron chi connectivity index (χ1n) is 8.17. The Balaban J connectivity index is 2.07. The van der Waals surface area contributed by atoms with E-state index in [9.17, 15) is 19.8 Å². The van der Waals surface area contributed by atoms with E-state index in [4.69, 9.17) is 32.7 Å². The highest BCUT2D eigenvalue weighted by Gasteiger charge is 2.32. The molecule has 0 amide bonds. The fourth-order valence-electron chi connectivity index (χ4n) is 2.88. The predicted molar refractivity (Wildman–Crippen MR) is 98.8 cm³/mol. The van der Waals surface area contributed by atoms with Gasteiger partial charge in [0.25, 0.3) is 5.56 Å². The van der Waals surface area contributed by atoms with Crippen molar-refractivity contribution in [1.82, 2.24) is 9.13 Å². The lowest BCUT2D eigenvalue weighted by Crippen LogP contribution is -2.42. The van der Waals surface area contributed by atoms with E-state index >= 15 is 0 Å². The van der Waals surface area contributed by atoms with Gasteiger partial charge in [0, 0.05) is 10.0 Å². The molecule has 1 atom stereocenters. The second kappa shape index (κ2) is 8.04. The summed E-state index contributed by atoms with van der Waals surface area (Å²) in [6, 6.07) is 4.78. The fraction of sp³-hybridized carbons (Fsp3) is 0.412. The zero-order valence-corrected chi connectivity index (χ0v) is 15.9. The van der Waals surface area contributed by atoms with Crippen molar-refractivity contribution in [3.8, 4) is 5.88 Å². The summed E-state index contributed by atoms with van der Waals surface area (Å²) in [5, 5.41) is 19.2. The quantitative estimate of drug-likeness (QED) is 0.725. The minimum atomic E-state index is -0.878. The van der Waals surface area contributed by atoms with Gasteiger partial charge in [0.05, 0.1) is 25.3 Å². The maximum Gasteiger partial charge on any atom is 0.336 e. The molecule has 0 spiro atoms. The van der Waals surface area contributed by atoms with Gasteiger partial charge in [0.15, 0.2) is 6.23 Å². The molecule has 1 aliphatic heterocycles. The van der Waals surface area contributed by atoms with Crippen LogP contribution in [-0.2, 0) is 11.3 Å². The van der Waals surface area contributed by atoms with E-state index in [0.29, 0.717) is 15.6 Å². The Hall–Kier alpha value is -1.84. The molecule has 2 aromatic rings. The average molecular weight is 417 g/mol. The van der Waals surface area contributed by atoms with E-state index in [0.717, 1.165) is 4.57 Å². The van der Waals surface area contributed by atoms with Crippen LogP contribution in [0, 0.1) is 6.92 Å². The second-order valence-electron chi connectivity index (χ2n) is 6.10. The number of fused-ring (bicyclic) bond motifs is 1. The number of benzene rings is 1. The zero-order chi connectivity index (χ0) is 19.7. The lowest BCUT2D eigenvalue weighted by molar-refractivity contribution is -0.0936. The van der Waals surface area contributed by atoms with Gasteiger partial charge >= 0.3 is 5.69 Å². The number of hydrogen-bond donors (Lipinski definition) is 2. The number of halogens is 2. The summed E-state index contributed by atoms with van der Waals surface area (Å²) in [5.74, 6) is 0.109. The molecule has 2 N–H and O–H groups in total. The molecule has 0 bridgehead atoms. The van der Waals surface area contributed by atoms with Gasteiger partial charge < -0.3 is 19.7 Å². The topological polar surface area (TPSA) is 103 Å². The van der Waals surface area contributed by atoms with Crippen LogP contribution < -0.4 is 16.0 Å². The van der Waals surface area contributed by atoms with Crippen molar-refractivity contribution in [2.45, 2.75) is 25.8 Å². The molecule has 1 aromatic carbocycles. The Morgan fingerprint density at radius 3 is 2.67 bits per heavy atom. The van der Waals surface area contributed by atoms with E-state index in [1.165, 1.54) is 4.57 Å². The van der Waals surface area contributed by atoms with Crippen molar-refractivity contribution >= 4 is 23.2 Å². The van der Waals surface area contributed by atoms with Crippen molar-refractivity contribution in [2.75, 3.05) is 19.8 Å². The molecule has 146 valence electrons. The first-order chi connectivity index (χ1) is 12.9. The molecule has 1 aliphatic rings. The Bertz CT molecular complexity index is 967. The van der Waals surface area contributed by atoms with Crippen molar-refractivity contribution in [1.29, 1.82) is 0 Å². The fourth-order valence-corrected chi connectivity index (χ4v) is 3.25. The summed E-state index contributed by atoms with van der Waals surface area (Å²) in [4.78, 5) is 25.6. The third-order valence-corrected chi connectivity index (χ3v) is 4.89. The molecule has 2 heterocycles. The third kappa shape index (κ3) is 3.76. The van der Waals surface area contributed by atoms with Gasteiger partial charge in [0.1, 0.15) is 12.7 Å². The monoisotopic (exact) mass is 416 g/mol. The summed E-state index contributed by atoms with van der Waals surface area (Å²) in [7, 11) is 0. The SMILES string of the molecule is Cc1c2n(c(=O)n(Cc3cc(Cl)ccc3Cl)c1=O)[C@@H](OC(CO)CO)CO2. The van der Waals surface area contributed by atoms with Crippen LogP contribution in [0.25, 0.3) is 0 Å². The van der Waals surface area contributed by atoms with E-state index in [2.05, 4.69) is 0 Å². The molecule has 0 unspecified atom stereocenters. The van der Waals surface area contributed by atoms with Crippen LogP contribution in [-0.4, -0.2) is 45.3 Å². The lowest BCUT2D eigenvalue weighted by Gasteiger charge is -2.19. The molecule has 8 nitrogen and oxygen atoms in total. The average Bonchev–Trinajstić information content (AvgIpc) is 3.08. The molecular weight excluding hydrogens is 399 g/mol. The molecule has 0 saturated carbocycles. The van der Waals surface area contributed by atoms with Crippen LogP contribution in [0.5, 0.6) is 5.88 Å². The van der Waals surface area contributed by atoms with E-state index < -0.39 is 36.8 Å². The maximum absolute atomic E-state index is 13.0. The van der Waals surface area contributed by atoms with Crippen LogP contribution >= 0.6 is 23.2 Å². The highest BCUT2D eigenvalue weighted by molar-refractivity contribution is 6.33. The van der Waals surface area contributed by atoms with Crippen molar-refractivity contribution in [3.05, 3.63) is 60.2 Å². The standard InChI is InChI=1S/C17H18Cl2N2O6/c1-9-15(24)20(5-10-4-11(18)2-3-13(10)19)17(25)21-14(8-26-16(9)21)27-12(6-22)7-23/h2-4,12,14,22-23H,5-8H2,1H3/t14-/m0/s1. The summed E-state index contributed by atoms with van der Waals surface area (Å²) >= 11 is 12.1. The van der Waals surface area contributed by atoms with Crippen molar-refractivity contribution < 1.29 is 19.7 Å². The predicted octanol–water partition coefficient (Wildman–Crippen LogP) is 0.934. The number of ether oxygens (including phenoxy) is 2. The lowest BCUT2D eigenvalue weighted by atomic mass is 10.2. The molecule has 3 rings (SSSR count). The number of aliphatic hydroxyl groups is 2. The molecule has 1 aromatic heterocycles. The van der Waals surface area contributed by atoms with Crippen LogP contribution in [0.4, 0.5) is 0 Å². The largest absolute Gasteiger partial charge is 0.474 e. The number of hydrogen-bond acceptors (Lipinski definition) is 6. The highest BCUT2D eigenvalue weighted by atomic mass is 35.5. The summed E-state index contributed by atoms with van der Waals surface area (Å²) in [5.41, 5.74) is -0.399. The number of nitrogens with zero attached hydrogens (tertiary/aromatic N) is 2. The number of aromatic nitrogens is 2. The van der Waals surface area contributed by atoms with Crippen LogP contribution in [0.2, 0.25) is 10.0 Å².